The van der Waals surface area contributed by atoms with Gasteiger partial charge in [-0.15, -0.1) is 0 Å². The number of ether oxygens (including phenoxy) is 1. The van der Waals surface area contributed by atoms with Crippen molar-refractivity contribution in [3.63, 3.8) is 0 Å². The highest BCUT2D eigenvalue weighted by Gasteiger charge is 2.37. The van der Waals surface area contributed by atoms with E-state index in [0.29, 0.717) is 18.7 Å². The lowest BCUT2D eigenvalue weighted by atomic mass is 10.1. The Morgan fingerprint density at radius 2 is 2.00 bits per heavy atom. The van der Waals surface area contributed by atoms with Gasteiger partial charge < -0.3 is 20.3 Å². The van der Waals surface area contributed by atoms with Crippen LogP contribution >= 0.6 is 0 Å². The first kappa shape index (κ1) is 16.0. The number of carbonyl (C=O) groups excluding carboxylic acids is 3. The van der Waals surface area contributed by atoms with Crippen molar-refractivity contribution in [3.05, 3.63) is 29.8 Å². The normalized spacial score (nSPS) is 16.4. The van der Waals surface area contributed by atoms with E-state index in [1.165, 1.54) is 7.11 Å². The number of methoxy groups -OCH3 is 1. The van der Waals surface area contributed by atoms with E-state index in [1.54, 1.807) is 17.0 Å². The molecule has 0 aliphatic carbocycles. The van der Waals surface area contributed by atoms with Crippen molar-refractivity contribution in [2.45, 2.75) is 13.0 Å². The number of nitrogens with one attached hydrogen (secondary N) is 2. The number of likely N-dealkylation sites (N-methyl/N-ethyl adjacent to an activating group) is 1. The average Bonchev–Trinajstić information content (AvgIpc) is 2.79. The zero-order chi connectivity index (χ0) is 16.1. The minimum absolute atomic E-state index is 0.234. The summed E-state index contributed by atoms with van der Waals surface area (Å²) < 4.78 is 4.79. The number of carbonyl (C=O) groups is 3. The Morgan fingerprint density at radius 1 is 1.27 bits per heavy atom. The van der Waals surface area contributed by atoms with Crippen molar-refractivity contribution in [2.75, 3.05) is 31.7 Å². The number of hydrogen-bond donors (Lipinski definition) is 2. The Balaban J connectivity index is 2.08. The zero-order valence-electron chi connectivity index (χ0n) is 12.6. The molecule has 2 N–H and O–H groups in total. The van der Waals surface area contributed by atoms with Gasteiger partial charge in [-0.05, 0) is 13.0 Å². The molecule has 0 radical (unpaired) electrons. The van der Waals surface area contributed by atoms with Crippen LogP contribution in [0.15, 0.2) is 24.3 Å². The van der Waals surface area contributed by atoms with Crippen molar-refractivity contribution in [2.24, 2.45) is 0 Å². The highest BCUT2D eigenvalue weighted by atomic mass is 16.5. The minimum Gasteiger partial charge on any atom is -0.383 e. The lowest BCUT2D eigenvalue weighted by molar-refractivity contribution is -0.140. The molecule has 1 aliphatic heterocycles. The predicted octanol–water partition coefficient (Wildman–Crippen LogP) is -0.0270. The topological polar surface area (TPSA) is 87.7 Å². The Kier molecular flexibility index (Phi) is 5.11. The van der Waals surface area contributed by atoms with Crippen molar-refractivity contribution >= 4 is 23.4 Å². The second kappa shape index (κ2) is 7.04. The van der Waals surface area contributed by atoms with E-state index < -0.39 is 17.9 Å². The molecule has 0 spiro atoms. The van der Waals surface area contributed by atoms with Gasteiger partial charge >= 0.3 is 11.8 Å². The van der Waals surface area contributed by atoms with E-state index in [0.717, 1.165) is 5.69 Å². The van der Waals surface area contributed by atoms with Gasteiger partial charge in [0, 0.05) is 31.5 Å². The molecule has 118 valence electrons. The maximum Gasteiger partial charge on any atom is 0.310 e. The molecular weight excluding hydrogens is 286 g/mol. The van der Waals surface area contributed by atoms with E-state index in [9.17, 15) is 14.4 Å². The fraction of sp³-hybridized carbons (Fsp3) is 0.400. The first-order chi connectivity index (χ1) is 10.6. The van der Waals surface area contributed by atoms with Crippen LogP contribution in [0.2, 0.25) is 0 Å². The summed E-state index contributed by atoms with van der Waals surface area (Å²) in [6.07, 6.45) is 0. The molecule has 22 heavy (non-hydrogen) atoms. The van der Waals surface area contributed by atoms with Gasteiger partial charge in [-0.1, -0.05) is 18.2 Å². The van der Waals surface area contributed by atoms with Gasteiger partial charge in [0.1, 0.15) is 6.04 Å². The molecule has 1 aliphatic rings. The fourth-order valence-electron chi connectivity index (χ4n) is 2.39. The van der Waals surface area contributed by atoms with Crippen LogP contribution in [-0.2, 0) is 19.1 Å². The summed E-state index contributed by atoms with van der Waals surface area (Å²) in [5.74, 6) is -1.85. The predicted molar refractivity (Wildman–Crippen MR) is 80.2 cm³/mol. The quantitative estimate of drug-likeness (QED) is 0.591. The number of anilines is 1. The molecule has 0 bridgehead atoms. The molecule has 0 saturated carbocycles. The van der Waals surface area contributed by atoms with E-state index in [4.69, 9.17) is 4.74 Å². The molecule has 3 amide bonds. The van der Waals surface area contributed by atoms with Crippen molar-refractivity contribution in [3.8, 4) is 0 Å². The molecule has 2 rings (SSSR count). The smallest absolute Gasteiger partial charge is 0.310 e. The number of para-hydroxylation sites is 1. The van der Waals surface area contributed by atoms with Gasteiger partial charge in [-0.25, -0.2) is 0 Å². The summed E-state index contributed by atoms with van der Waals surface area (Å²) in [5, 5.41) is 4.91. The average molecular weight is 305 g/mol. The highest BCUT2D eigenvalue weighted by molar-refractivity contribution is 6.35. The Morgan fingerprint density at radius 3 is 2.68 bits per heavy atom. The van der Waals surface area contributed by atoms with Crippen LogP contribution in [0.5, 0.6) is 0 Å². The SMILES string of the molecule is CCN1C(=O)[C@H](NC(=O)C(=O)NCCOC)c2ccccc21. The molecule has 0 unspecified atom stereocenters. The fourth-order valence-corrected chi connectivity index (χ4v) is 2.39. The van der Waals surface area contributed by atoms with Gasteiger partial charge in [-0.2, -0.15) is 0 Å². The standard InChI is InChI=1S/C15H19N3O4/c1-3-18-11-7-5-4-6-10(11)12(15(18)21)17-14(20)13(19)16-8-9-22-2/h4-7,12H,3,8-9H2,1-2H3,(H,16,19)(H,17,20)/t12-/m1/s1. The molecule has 1 heterocycles. The van der Waals surface area contributed by atoms with E-state index in [1.807, 2.05) is 19.1 Å². The van der Waals surface area contributed by atoms with Crippen LogP contribution in [0.4, 0.5) is 5.69 Å². The van der Waals surface area contributed by atoms with Gasteiger partial charge in [0.15, 0.2) is 0 Å². The van der Waals surface area contributed by atoms with Crippen LogP contribution < -0.4 is 15.5 Å². The Bertz CT molecular complexity index is 588. The summed E-state index contributed by atoms with van der Waals surface area (Å²) in [7, 11) is 1.50. The molecular formula is C15H19N3O4. The van der Waals surface area contributed by atoms with Crippen molar-refractivity contribution in [1.82, 2.24) is 10.6 Å². The second-order valence-electron chi connectivity index (χ2n) is 4.80. The number of benzene rings is 1. The second-order valence-corrected chi connectivity index (χ2v) is 4.80. The van der Waals surface area contributed by atoms with Gasteiger partial charge in [0.05, 0.1) is 6.61 Å². The third-order valence-corrected chi connectivity index (χ3v) is 3.44. The van der Waals surface area contributed by atoms with Crippen molar-refractivity contribution in [1.29, 1.82) is 0 Å². The first-order valence-electron chi connectivity index (χ1n) is 7.08. The van der Waals surface area contributed by atoms with Gasteiger partial charge in [0.25, 0.3) is 5.91 Å². The van der Waals surface area contributed by atoms with E-state index >= 15 is 0 Å². The van der Waals surface area contributed by atoms with Crippen LogP contribution in [0.3, 0.4) is 0 Å². The van der Waals surface area contributed by atoms with Gasteiger partial charge in [0.2, 0.25) is 0 Å². The maximum atomic E-state index is 12.4. The summed E-state index contributed by atoms with van der Waals surface area (Å²) in [6, 6.07) is 6.40. The van der Waals surface area contributed by atoms with E-state index in [-0.39, 0.29) is 12.5 Å². The third kappa shape index (κ3) is 3.09. The van der Waals surface area contributed by atoms with E-state index in [2.05, 4.69) is 10.6 Å². The molecule has 1 aromatic carbocycles. The number of amides is 3. The molecule has 1 atom stereocenters. The lowest BCUT2D eigenvalue weighted by Gasteiger charge is -2.15. The summed E-state index contributed by atoms with van der Waals surface area (Å²) >= 11 is 0. The van der Waals surface area contributed by atoms with Crippen LogP contribution in [0.25, 0.3) is 0 Å². The summed E-state index contributed by atoms with van der Waals surface area (Å²) in [4.78, 5) is 37.5. The number of rotatable bonds is 5. The summed E-state index contributed by atoms with van der Waals surface area (Å²) in [5.41, 5.74) is 1.47. The largest absolute Gasteiger partial charge is 0.383 e. The Labute approximate surface area is 128 Å². The molecule has 1 aromatic rings. The molecule has 7 nitrogen and oxygen atoms in total. The Hall–Kier alpha value is -2.41. The summed E-state index contributed by atoms with van der Waals surface area (Å²) in [6.45, 7) is 2.91. The minimum atomic E-state index is -0.831. The third-order valence-electron chi connectivity index (χ3n) is 3.44. The number of fused-ring (bicyclic) bond motifs is 1. The number of nitrogens with zero attached hydrogens (tertiary/aromatic N) is 1. The van der Waals surface area contributed by atoms with Gasteiger partial charge in [-0.3, -0.25) is 14.4 Å². The molecule has 0 fully saturated rings. The van der Waals surface area contributed by atoms with Crippen LogP contribution in [-0.4, -0.2) is 44.5 Å². The molecule has 7 heteroatoms. The molecule has 0 aromatic heterocycles. The highest BCUT2D eigenvalue weighted by Crippen LogP contribution is 2.35. The zero-order valence-corrected chi connectivity index (χ0v) is 12.6. The lowest BCUT2D eigenvalue weighted by Crippen LogP contribution is -2.45. The maximum absolute atomic E-state index is 12.4. The molecule has 0 saturated heterocycles. The van der Waals surface area contributed by atoms with Crippen LogP contribution in [0, 0.1) is 0 Å². The first-order valence-corrected chi connectivity index (χ1v) is 7.08. The number of hydrogen-bond acceptors (Lipinski definition) is 4. The monoisotopic (exact) mass is 305 g/mol. The van der Waals surface area contributed by atoms with Crippen molar-refractivity contribution < 1.29 is 19.1 Å². The van der Waals surface area contributed by atoms with Crippen LogP contribution in [0.1, 0.15) is 18.5 Å².